The van der Waals surface area contributed by atoms with Gasteiger partial charge in [-0.05, 0) is 36.3 Å². The molecule has 0 fully saturated rings. The first-order valence-electron chi connectivity index (χ1n) is 5.08. The minimum absolute atomic E-state index is 0.621. The normalized spacial score (nSPS) is 10.2. The van der Waals surface area contributed by atoms with Crippen molar-refractivity contribution in [1.29, 1.82) is 0 Å². The van der Waals surface area contributed by atoms with E-state index < -0.39 is 0 Å². The van der Waals surface area contributed by atoms with E-state index >= 15 is 0 Å². The molecule has 0 amide bonds. The lowest BCUT2D eigenvalue weighted by atomic mass is 10.1. The summed E-state index contributed by atoms with van der Waals surface area (Å²) in [4.78, 5) is 11.5. The zero-order valence-corrected chi connectivity index (χ0v) is 11.0. The molecule has 0 radical (unpaired) electrons. The number of hydrogen-bond acceptors (Lipinski definition) is 2. The van der Waals surface area contributed by atoms with Crippen LogP contribution in [-0.4, -0.2) is 17.4 Å². The average molecular weight is 287 g/mol. The molecule has 0 aliphatic carbocycles. The summed E-state index contributed by atoms with van der Waals surface area (Å²) in [7, 11) is 0. The lowest BCUT2D eigenvalue weighted by molar-refractivity contribution is -0.107. The molecule has 0 heterocycles. The van der Waals surface area contributed by atoms with Crippen LogP contribution in [0.5, 0.6) is 0 Å². The van der Waals surface area contributed by atoms with Crippen LogP contribution in [0.2, 0.25) is 0 Å². The monoisotopic (exact) mass is 286 g/mol. The molecule has 1 aromatic rings. The van der Waals surface area contributed by atoms with E-state index in [1.54, 1.807) is 0 Å². The number of rotatable bonds is 7. The Morgan fingerprint density at radius 2 is 2.00 bits per heavy atom. The molecule has 82 valence electrons. The molecule has 0 aliphatic rings. The van der Waals surface area contributed by atoms with Gasteiger partial charge in [-0.3, -0.25) is 0 Å². The predicted molar refractivity (Wildman–Crippen MR) is 70.0 cm³/mol. The molecule has 0 bridgehead atoms. The summed E-state index contributed by atoms with van der Waals surface area (Å²) in [6.45, 7) is 0. The van der Waals surface area contributed by atoms with Gasteiger partial charge in [0.2, 0.25) is 0 Å². The molecule has 1 nitrogen and oxygen atoms in total. The Bertz CT molecular complexity index is 284. The first-order chi connectivity index (χ1) is 7.36. The number of carbonyl (C=O) groups is 1. The maximum atomic E-state index is 10.2. The van der Waals surface area contributed by atoms with Crippen molar-refractivity contribution in [3.05, 3.63) is 29.8 Å². The number of halogens is 1. The molecule has 0 saturated carbocycles. The third-order valence-corrected chi connectivity index (χ3v) is 3.68. The molecule has 1 rings (SSSR count). The van der Waals surface area contributed by atoms with Gasteiger partial charge in [0.05, 0.1) is 0 Å². The van der Waals surface area contributed by atoms with Gasteiger partial charge in [0.25, 0.3) is 0 Å². The van der Waals surface area contributed by atoms with Crippen LogP contribution in [0.4, 0.5) is 0 Å². The van der Waals surface area contributed by atoms with Gasteiger partial charge in [0.1, 0.15) is 6.29 Å². The highest BCUT2D eigenvalue weighted by molar-refractivity contribution is 9.09. The largest absolute Gasteiger partial charge is 0.303 e. The number of thioether (sulfide) groups is 1. The standard InChI is InChI=1S/C12H15BrOS/c13-8-2-10-15-12-6-4-11(5-7-12)3-1-9-14/h4-7,9H,1-3,8,10H2. The Labute approximate surface area is 104 Å². The van der Waals surface area contributed by atoms with Crippen LogP contribution in [0.25, 0.3) is 0 Å². The summed E-state index contributed by atoms with van der Waals surface area (Å²) in [5.41, 5.74) is 1.24. The summed E-state index contributed by atoms with van der Waals surface area (Å²) in [5, 5.41) is 1.07. The van der Waals surface area contributed by atoms with E-state index in [0.717, 1.165) is 23.8 Å². The highest BCUT2D eigenvalue weighted by Gasteiger charge is 1.95. The maximum Gasteiger partial charge on any atom is 0.120 e. The van der Waals surface area contributed by atoms with Crippen LogP contribution < -0.4 is 0 Å². The van der Waals surface area contributed by atoms with Gasteiger partial charge in [-0.15, -0.1) is 11.8 Å². The van der Waals surface area contributed by atoms with Crippen molar-refractivity contribution in [2.75, 3.05) is 11.1 Å². The minimum Gasteiger partial charge on any atom is -0.303 e. The van der Waals surface area contributed by atoms with Gasteiger partial charge in [-0.2, -0.15) is 0 Å². The summed E-state index contributed by atoms with van der Waals surface area (Å²) >= 11 is 5.29. The summed E-state index contributed by atoms with van der Waals surface area (Å²) in [6.07, 6.45) is 3.64. The highest BCUT2D eigenvalue weighted by atomic mass is 79.9. The molecule has 15 heavy (non-hydrogen) atoms. The van der Waals surface area contributed by atoms with Gasteiger partial charge in [0, 0.05) is 16.6 Å². The SMILES string of the molecule is O=CCCc1ccc(SCCCBr)cc1. The quantitative estimate of drug-likeness (QED) is 0.329. The molecular formula is C12H15BrOS. The molecule has 0 aliphatic heterocycles. The summed E-state index contributed by atoms with van der Waals surface area (Å²) in [5.74, 6) is 1.15. The van der Waals surface area contributed by atoms with Crippen molar-refractivity contribution in [3.8, 4) is 0 Å². The number of alkyl halides is 1. The predicted octanol–water partition coefficient (Wildman–Crippen LogP) is 3.70. The molecule has 0 atom stereocenters. The lowest BCUT2D eigenvalue weighted by Crippen LogP contribution is -1.86. The zero-order valence-electron chi connectivity index (χ0n) is 8.62. The lowest BCUT2D eigenvalue weighted by Gasteiger charge is -2.02. The second-order valence-electron chi connectivity index (χ2n) is 3.24. The summed E-state index contributed by atoms with van der Waals surface area (Å²) < 4.78 is 0. The van der Waals surface area contributed by atoms with Crippen molar-refractivity contribution in [2.45, 2.75) is 24.2 Å². The maximum absolute atomic E-state index is 10.2. The van der Waals surface area contributed by atoms with E-state index in [9.17, 15) is 4.79 Å². The van der Waals surface area contributed by atoms with Crippen molar-refractivity contribution in [2.24, 2.45) is 0 Å². The van der Waals surface area contributed by atoms with E-state index in [4.69, 9.17) is 0 Å². The van der Waals surface area contributed by atoms with Gasteiger partial charge in [0.15, 0.2) is 0 Å². The molecular weight excluding hydrogens is 272 g/mol. The number of aryl methyl sites for hydroxylation is 1. The van der Waals surface area contributed by atoms with Crippen LogP contribution in [0.15, 0.2) is 29.2 Å². The highest BCUT2D eigenvalue weighted by Crippen LogP contribution is 2.19. The fraction of sp³-hybridized carbons (Fsp3) is 0.417. The number of hydrogen-bond donors (Lipinski definition) is 0. The average Bonchev–Trinajstić information content (AvgIpc) is 2.28. The van der Waals surface area contributed by atoms with Crippen LogP contribution in [0.1, 0.15) is 18.4 Å². The Hall–Kier alpha value is -0.280. The minimum atomic E-state index is 0.621. The van der Waals surface area contributed by atoms with Crippen LogP contribution in [0, 0.1) is 0 Å². The fourth-order valence-corrected chi connectivity index (χ4v) is 2.73. The molecule has 1 aromatic carbocycles. The Kier molecular flexibility index (Phi) is 6.77. The Morgan fingerprint density at radius 3 is 2.60 bits per heavy atom. The first-order valence-corrected chi connectivity index (χ1v) is 7.19. The van der Waals surface area contributed by atoms with Crippen molar-refractivity contribution in [3.63, 3.8) is 0 Å². The van der Waals surface area contributed by atoms with E-state index in [2.05, 4.69) is 40.2 Å². The molecule has 0 aromatic heterocycles. The van der Waals surface area contributed by atoms with Crippen molar-refractivity contribution < 1.29 is 4.79 Å². The second kappa shape index (κ2) is 7.94. The third kappa shape index (κ3) is 5.38. The van der Waals surface area contributed by atoms with Crippen LogP contribution in [0.3, 0.4) is 0 Å². The number of benzene rings is 1. The van der Waals surface area contributed by atoms with Gasteiger partial charge >= 0.3 is 0 Å². The molecule has 0 spiro atoms. The van der Waals surface area contributed by atoms with E-state index in [1.807, 2.05) is 11.8 Å². The Balaban J connectivity index is 2.38. The summed E-state index contributed by atoms with van der Waals surface area (Å²) in [6, 6.07) is 8.50. The van der Waals surface area contributed by atoms with E-state index in [1.165, 1.54) is 16.9 Å². The van der Waals surface area contributed by atoms with Crippen LogP contribution in [-0.2, 0) is 11.2 Å². The van der Waals surface area contributed by atoms with E-state index in [-0.39, 0.29) is 0 Å². The van der Waals surface area contributed by atoms with Crippen molar-refractivity contribution >= 4 is 34.0 Å². The Morgan fingerprint density at radius 1 is 1.27 bits per heavy atom. The van der Waals surface area contributed by atoms with Gasteiger partial charge in [-0.1, -0.05) is 28.1 Å². The van der Waals surface area contributed by atoms with Gasteiger partial charge < -0.3 is 4.79 Å². The van der Waals surface area contributed by atoms with E-state index in [0.29, 0.717) is 6.42 Å². The second-order valence-corrected chi connectivity index (χ2v) is 5.20. The third-order valence-electron chi connectivity index (χ3n) is 2.02. The van der Waals surface area contributed by atoms with Crippen LogP contribution >= 0.6 is 27.7 Å². The van der Waals surface area contributed by atoms with Gasteiger partial charge in [-0.25, -0.2) is 0 Å². The topological polar surface area (TPSA) is 17.1 Å². The molecule has 0 unspecified atom stereocenters. The molecule has 0 N–H and O–H groups in total. The number of aldehydes is 1. The number of carbonyl (C=O) groups excluding carboxylic acids is 1. The smallest absolute Gasteiger partial charge is 0.120 e. The fourth-order valence-electron chi connectivity index (χ4n) is 1.22. The molecule has 0 saturated heterocycles. The molecule has 3 heteroatoms. The first kappa shape index (κ1) is 12.8. The zero-order chi connectivity index (χ0) is 10.9. The van der Waals surface area contributed by atoms with Crippen molar-refractivity contribution in [1.82, 2.24) is 0 Å².